The van der Waals surface area contributed by atoms with E-state index in [4.69, 9.17) is 4.74 Å². The van der Waals surface area contributed by atoms with Gasteiger partial charge in [0.15, 0.2) is 0 Å². The highest BCUT2D eigenvalue weighted by Crippen LogP contribution is 2.21. The zero-order valence-corrected chi connectivity index (χ0v) is 8.09. The summed E-state index contributed by atoms with van der Waals surface area (Å²) < 4.78 is 5.05. The molecule has 0 radical (unpaired) electrons. The Kier molecular flexibility index (Phi) is 2.69. The van der Waals surface area contributed by atoms with Crippen LogP contribution in [0.5, 0.6) is 5.88 Å². The zero-order valence-electron chi connectivity index (χ0n) is 8.09. The minimum atomic E-state index is 0.530. The molecular weight excluding hydrogens is 150 g/mol. The molecule has 0 bridgehead atoms. The third-order valence-corrected chi connectivity index (χ3v) is 1.95. The van der Waals surface area contributed by atoms with Crippen molar-refractivity contribution in [1.82, 2.24) is 4.98 Å². The maximum absolute atomic E-state index is 5.05. The molecule has 2 heteroatoms. The van der Waals surface area contributed by atoms with E-state index < -0.39 is 0 Å². The van der Waals surface area contributed by atoms with Crippen LogP contribution in [-0.4, -0.2) is 12.1 Å². The first-order chi connectivity index (χ1) is 5.65. The first-order valence-electron chi connectivity index (χ1n) is 4.15. The molecule has 0 aliphatic rings. The molecule has 1 aromatic rings. The summed E-state index contributed by atoms with van der Waals surface area (Å²) in [5.74, 6) is 1.23. The molecule has 0 atom stereocenters. The van der Waals surface area contributed by atoms with Crippen LogP contribution in [0.4, 0.5) is 0 Å². The van der Waals surface area contributed by atoms with Crippen LogP contribution in [0.2, 0.25) is 0 Å². The van der Waals surface area contributed by atoms with Crippen molar-refractivity contribution in [2.24, 2.45) is 0 Å². The summed E-state index contributed by atoms with van der Waals surface area (Å²) in [6.45, 7) is 6.41. The highest BCUT2D eigenvalue weighted by Gasteiger charge is 2.04. The second-order valence-corrected chi connectivity index (χ2v) is 3.24. The molecule has 12 heavy (non-hydrogen) atoms. The number of ether oxygens (including phenoxy) is 1. The van der Waals surface area contributed by atoms with E-state index in [2.05, 4.69) is 25.8 Å². The van der Waals surface area contributed by atoms with Gasteiger partial charge in [0.25, 0.3) is 0 Å². The van der Waals surface area contributed by atoms with Crippen molar-refractivity contribution in [3.8, 4) is 5.88 Å². The number of pyridine rings is 1. The highest BCUT2D eigenvalue weighted by atomic mass is 16.5. The predicted molar refractivity (Wildman–Crippen MR) is 49.6 cm³/mol. The summed E-state index contributed by atoms with van der Waals surface area (Å²) >= 11 is 0. The number of aromatic nitrogens is 1. The highest BCUT2D eigenvalue weighted by molar-refractivity contribution is 5.30. The summed E-state index contributed by atoms with van der Waals surface area (Å²) in [7, 11) is 1.64. The zero-order chi connectivity index (χ0) is 9.14. The van der Waals surface area contributed by atoms with Crippen LogP contribution in [0.3, 0.4) is 0 Å². The molecule has 0 amide bonds. The van der Waals surface area contributed by atoms with Gasteiger partial charge in [0.2, 0.25) is 5.88 Å². The SMILES string of the molecule is COc1cc(C(C)C)c(C)cn1. The van der Waals surface area contributed by atoms with Crippen molar-refractivity contribution in [3.05, 3.63) is 23.4 Å². The maximum atomic E-state index is 5.05. The fourth-order valence-electron chi connectivity index (χ4n) is 1.25. The number of aryl methyl sites for hydroxylation is 1. The minimum absolute atomic E-state index is 0.530. The van der Waals surface area contributed by atoms with Crippen LogP contribution in [0.25, 0.3) is 0 Å². The van der Waals surface area contributed by atoms with E-state index in [0.717, 1.165) is 0 Å². The van der Waals surface area contributed by atoms with Crippen molar-refractivity contribution in [2.45, 2.75) is 26.7 Å². The van der Waals surface area contributed by atoms with Crippen LogP contribution >= 0.6 is 0 Å². The molecule has 0 fully saturated rings. The second-order valence-electron chi connectivity index (χ2n) is 3.24. The van der Waals surface area contributed by atoms with E-state index in [0.29, 0.717) is 11.8 Å². The number of hydrogen-bond donors (Lipinski definition) is 0. The van der Waals surface area contributed by atoms with Gasteiger partial charge in [-0.05, 0) is 24.0 Å². The standard InChI is InChI=1S/C10H15NO/c1-7(2)9-5-10(12-4)11-6-8(9)3/h5-7H,1-4H3. The molecule has 1 rings (SSSR count). The van der Waals surface area contributed by atoms with E-state index in [1.165, 1.54) is 11.1 Å². The van der Waals surface area contributed by atoms with Crippen molar-refractivity contribution < 1.29 is 4.74 Å². The quantitative estimate of drug-likeness (QED) is 0.671. The molecule has 1 heterocycles. The Labute approximate surface area is 73.6 Å². The van der Waals surface area contributed by atoms with Gasteiger partial charge < -0.3 is 4.74 Å². The molecule has 0 saturated carbocycles. The van der Waals surface area contributed by atoms with Crippen LogP contribution < -0.4 is 4.74 Å². The Morgan fingerprint density at radius 1 is 1.42 bits per heavy atom. The lowest BCUT2D eigenvalue weighted by molar-refractivity contribution is 0.396. The smallest absolute Gasteiger partial charge is 0.213 e. The number of hydrogen-bond acceptors (Lipinski definition) is 2. The molecular formula is C10H15NO. The van der Waals surface area contributed by atoms with E-state index in [1.807, 2.05) is 12.3 Å². The molecule has 0 aliphatic carbocycles. The van der Waals surface area contributed by atoms with Crippen LogP contribution in [-0.2, 0) is 0 Å². The monoisotopic (exact) mass is 165 g/mol. The van der Waals surface area contributed by atoms with Gasteiger partial charge in [-0.1, -0.05) is 13.8 Å². The molecule has 1 aromatic heterocycles. The summed E-state index contributed by atoms with van der Waals surface area (Å²) in [6, 6.07) is 2.00. The van der Waals surface area contributed by atoms with Crippen LogP contribution in [0.1, 0.15) is 30.9 Å². The van der Waals surface area contributed by atoms with Crippen molar-refractivity contribution in [1.29, 1.82) is 0 Å². The van der Waals surface area contributed by atoms with Gasteiger partial charge in [-0.25, -0.2) is 4.98 Å². The molecule has 0 N–H and O–H groups in total. The van der Waals surface area contributed by atoms with Gasteiger partial charge in [0, 0.05) is 12.3 Å². The first kappa shape index (κ1) is 9.04. The third kappa shape index (κ3) is 1.76. The molecule has 2 nitrogen and oxygen atoms in total. The molecule has 0 aromatic carbocycles. The number of methoxy groups -OCH3 is 1. The van der Waals surface area contributed by atoms with E-state index in [-0.39, 0.29) is 0 Å². The number of rotatable bonds is 2. The Balaban J connectivity index is 3.08. The Morgan fingerprint density at radius 3 is 2.58 bits per heavy atom. The van der Waals surface area contributed by atoms with Gasteiger partial charge in [0.1, 0.15) is 0 Å². The Hall–Kier alpha value is -1.05. The van der Waals surface area contributed by atoms with Crippen LogP contribution in [0, 0.1) is 6.92 Å². The maximum Gasteiger partial charge on any atom is 0.213 e. The van der Waals surface area contributed by atoms with E-state index >= 15 is 0 Å². The van der Waals surface area contributed by atoms with Gasteiger partial charge in [-0.15, -0.1) is 0 Å². The third-order valence-electron chi connectivity index (χ3n) is 1.95. The van der Waals surface area contributed by atoms with Gasteiger partial charge in [0.05, 0.1) is 7.11 Å². The van der Waals surface area contributed by atoms with Crippen LogP contribution in [0.15, 0.2) is 12.3 Å². The average Bonchev–Trinajstić information content (AvgIpc) is 2.05. The summed E-state index contributed by atoms with van der Waals surface area (Å²) in [4.78, 5) is 4.12. The van der Waals surface area contributed by atoms with E-state index in [9.17, 15) is 0 Å². The van der Waals surface area contributed by atoms with Crippen molar-refractivity contribution in [3.63, 3.8) is 0 Å². The van der Waals surface area contributed by atoms with Gasteiger partial charge >= 0.3 is 0 Å². The lowest BCUT2D eigenvalue weighted by Crippen LogP contribution is -1.95. The summed E-state index contributed by atoms with van der Waals surface area (Å²) in [5.41, 5.74) is 2.53. The van der Waals surface area contributed by atoms with Crippen molar-refractivity contribution in [2.75, 3.05) is 7.11 Å². The molecule has 0 unspecified atom stereocenters. The lowest BCUT2D eigenvalue weighted by atomic mass is 10.0. The molecule has 0 spiro atoms. The van der Waals surface area contributed by atoms with Crippen molar-refractivity contribution >= 4 is 0 Å². The summed E-state index contributed by atoms with van der Waals surface area (Å²) in [5, 5.41) is 0. The predicted octanol–water partition coefficient (Wildman–Crippen LogP) is 2.52. The van der Waals surface area contributed by atoms with E-state index in [1.54, 1.807) is 7.11 Å². The van der Waals surface area contributed by atoms with Gasteiger partial charge in [-0.3, -0.25) is 0 Å². The first-order valence-corrected chi connectivity index (χ1v) is 4.15. The molecule has 0 aliphatic heterocycles. The molecule has 0 saturated heterocycles. The topological polar surface area (TPSA) is 22.1 Å². The van der Waals surface area contributed by atoms with Gasteiger partial charge in [-0.2, -0.15) is 0 Å². The Bertz CT molecular complexity index is 269. The Morgan fingerprint density at radius 2 is 2.08 bits per heavy atom. The average molecular weight is 165 g/mol. The summed E-state index contributed by atoms with van der Waals surface area (Å²) in [6.07, 6.45) is 1.86. The largest absolute Gasteiger partial charge is 0.481 e. The molecule has 66 valence electrons. The fraction of sp³-hybridized carbons (Fsp3) is 0.500. The second kappa shape index (κ2) is 3.57. The minimum Gasteiger partial charge on any atom is -0.481 e. The fourth-order valence-corrected chi connectivity index (χ4v) is 1.25. The number of nitrogens with zero attached hydrogens (tertiary/aromatic N) is 1. The normalized spacial score (nSPS) is 10.4. The lowest BCUT2D eigenvalue weighted by Gasteiger charge is -2.09.